The number of halogens is 1. The van der Waals surface area contributed by atoms with Gasteiger partial charge in [0.15, 0.2) is 5.58 Å². The molecule has 0 radical (unpaired) electrons. The first-order valence-corrected chi connectivity index (χ1v) is 8.60. The molecule has 4 nitrogen and oxygen atoms in total. The van der Waals surface area contributed by atoms with E-state index in [1.165, 1.54) is 12.8 Å². The Labute approximate surface area is 132 Å². The number of benzene rings is 1. The van der Waals surface area contributed by atoms with E-state index in [1.54, 1.807) is 0 Å². The van der Waals surface area contributed by atoms with Crippen molar-refractivity contribution in [1.29, 1.82) is 0 Å². The molecule has 1 aromatic carbocycles. The molecule has 0 bridgehead atoms. The number of fused-ring (bicyclic) bond motifs is 1. The average Bonchev–Trinajstić information content (AvgIpc) is 2.76. The van der Waals surface area contributed by atoms with E-state index in [4.69, 9.17) is 4.52 Å². The Balaban J connectivity index is 1.78. The highest BCUT2D eigenvalue weighted by molar-refractivity contribution is 9.09. The van der Waals surface area contributed by atoms with E-state index in [-0.39, 0.29) is 5.91 Å². The molecule has 1 amide bonds. The third-order valence-electron chi connectivity index (χ3n) is 4.15. The van der Waals surface area contributed by atoms with Crippen LogP contribution >= 0.6 is 15.9 Å². The summed E-state index contributed by atoms with van der Waals surface area (Å²) >= 11 is 3.54. The Bertz CT molecular complexity index is 626. The number of alkyl halides is 1. The molecular formula is C16H19BrN2O2. The topological polar surface area (TPSA) is 46.3 Å². The molecule has 0 spiro atoms. The SMILES string of the molecule is O=C(Cc1noc2ccccc12)N1CCCCCC1CBr. The smallest absolute Gasteiger partial charge is 0.229 e. The van der Waals surface area contributed by atoms with E-state index in [2.05, 4.69) is 21.1 Å². The maximum absolute atomic E-state index is 12.7. The Hall–Kier alpha value is -1.36. The van der Waals surface area contributed by atoms with Crippen molar-refractivity contribution in [2.75, 3.05) is 11.9 Å². The van der Waals surface area contributed by atoms with Gasteiger partial charge in [0, 0.05) is 23.3 Å². The molecule has 0 saturated carbocycles. The summed E-state index contributed by atoms with van der Waals surface area (Å²) in [7, 11) is 0. The third kappa shape index (κ3) is 3.12. The van der Waals surface area contributed by atoms with Crippen molar-refractivity contribution < 1.29 is 9.32 Å². The molecule has 1 atom stereocenters. The lowest BCUT2D eigenvalue weighted by Crippen LogP contribution is -2.41. The van der Waals surface area contributed by atoms with Crippen LogP contribution < -0.4 is 0 Å². The van der Waals surface area contributed by atoms with Gasteiger partial charge in [-0.1, -0.05) is 46.1 Å². The second-order valence-electron chi connectivity index (χ2n) is 5.55. The van der Waals surface area contributed by atoms with Crippen LogP contribution in [0.25, 0.3) is 11.0 Å². The van der Waals surface area contributed by atoms with Crippen LogP contribution in [0.5, 0.6) is 0 Å². The van der Waals surface area contributed by atoms with E-state index in [0.717, 1.165) is 41.4 Å². The molecule has 112 valence electrons. The van der Waals surface area contributed by atoms with Crippen LogP contribution in [0.2, 0.25) is 0 Å². The van der Waals surface area contributed by atoms with Gasteiger partial charge in [0.25, 0.3) is 0 Å². The molecule has 1 aliphatic heterocycles. The van der Waals surface area contributed by atoms with Gasteiger partial charge in [0.05, 0.1) is 6.42 Å². The summed E-state index contributed by atoms with van der Waals surface area (Å²) in [5.74, 6) is 0.153. The van der Waals surface area contributed by atoms with Crippen molar-refractivity contribution >= 4 is 32.8 Å². The summed E-state index contributed by atoms with van der Waals surface area (Å²) in [4.78, 5) is 14.7. The minimum Gasteiger partial charge on any atom is -0.356 e. The molecule has 1 aliphatic rings. The van der Waals surface area contributed by atoms with Gasteiger partial charge in [-0.2, -0.15) is 0 Å². The summed E-state index contributed by atoms with van der Waals surface area (Å²) in [6, 6.07) is 8.00. The van der Waals surface area contributed by atoms with Crippen molar-refractivity contribution in [2.45, 2.75) is 38.1 Å². The molecule has 1 unspecified atom stereocenters. The van der Waals surface area contributed by atoms with Crippen molar-refractivity contribution in [2.24, 2.45) is 0 Å². The van der Waals surface area contributed by atoms with Gasteiger partial charge in [-0.15, -0.1) is 0 Å². The number of hydrogen-bond acceptors (Lipinski definition) is 3. The molecule has 0 N–H and O–H groups in total. The number of para-hydroxylation sites is 1. The summed E-state index contributed by atoms with van der Waals surface area (Å²) in [6.45, 7) is 0.852. The number of aromatic nitrogens is 1. The van der Waals surface area contributed by atoms with E-state index < -0.39 is 0 Å². The number of carbonyl (C=O) groups is 1. The first kappa shape index (κ1) is 14.6. The van der Waals surface area contributed by atoms with Gasteiger partial charge in [-0.25, -0.2) is 0 Å². The zero-order valence-corrected chi connectivity index (χ0v) is 13.5. The second-order valence-corrected chi connectivity index (χ2v) is 6.19. The van der Waals surface area contributed by atoms with Gasteiger partial charge in [0.1, 0.15) is 5.69 Å². The van der Waals surface area contributed by atoms with E-state index >= 15 is 0 Å². The molecule has 3 rings (SSSR count). The number of nitrogens with zero attached hydrogens (tertiary/aromatic N) is 2. The molecule has 2 heterocycles. The summed E-state index contributed by atoms with van der Waals surface area (Å²) in [6.07, 6.45) is 4.90. The molecule has 1 aromatic heterocycles. The number of amides is 1. The highest BCUT2D eigenvalue weighted by Gasteiger charge is 2.25. The Morgan fingerprint density at radius 2 is 2.19 bits per heavy atom. The predicted molar refractivity (Wildman–Crippen MR) is 85.5 cm³/mol. The van der Waals surface area contributed by atoms with Crippen molar-refractivity contribution in [3.63, 3.8) is 0 Å². The maximum atomic E-state index is 12.7. The molecule has 1 fully saturated rings. The first-order valence-electron chi connectivity index (χ1n) is 7.48. The minimum atomic E-state index is 0.153. The van der Waals surface area contributed by atoms with Crippen LogP contribution in [0, 0.1) is 0 Å². The van der Waals surface area contributed by atoms with Gasteiger partial charge >= 0.3 is 0 Å². The van der Waals surface area contributed by atoms with Gasteiger partial charge in [0.2, 0.25) is 5.91 Å². The van der Waals surface area contributed by atoms with Crippen LogP contribution in [-0.4, -0.2) is 33.9 Å². The van der Waals surface area contributed by atoms with E-state index in [1.807, 2.05) is 29.2 Å². The van der Waals surface area contributed by atoms with Crippen molar-refractivity contribution in [3.05, 3.63) is 30.0 Å². The van der Waals surface area contributed by atoms with E-state index in [9.17, 15) is 4.79 Å². The molecule has 1 saturated heterocycles. The lowest BCUT2D eigenvalue weighted by Gasteiger charge is -2.28. The fourth-order valence-corrected chi connectivity index (χ4v) is 3.65. The summed E-state index contributed by atoms with van der Waals surface area (Å²) in [5.41, 5.74) is 1.49. The quantitative estimate of drug-likeness (QED) is 0.795. The average molecular weight is 351 g/mol. The third-order valence-corrected chi connectivity index (χ3v) is 4.89. The molecule has 2 aromatic rings. The van der Waals surface area contributed by atoms with E-state index in [0.29, 0.717) is 12.5 Å². The fraction of sp³-hybridized carbons (Fsp3) is 0.500. The number of hydrogen-bond donors (Lipinski definition) is 0. The lowest BCUT2D eigenvalue weighted by atomic mass is 10.1. The zero-order chi connectivity index (χ0) is 14.7. The molecule has 21 heavy (non-hydrogen) atoms. The fourth-order valence-electron chi connectivity index (χ4n) is 2.98. The highest BCUT2D eigenvalue weighted by atomic mass is 79.9. The number of likely N-dealkylation sites (tertiary alicyclic amines) is 1. The zero-order valence-electron chi connectivity index (χ0n) is 11.9. The Kier molecular flexibility index (Phi) is 4.58. The highest BCUT2D eigenvalue weighted by Crippen LogP contribution is 2.22. The number of rotatable bonds is 3. The largest absolute Gasteiger partial charge is 0.356 e. The van der Waals surface area contributed by atoms with Gasteiger partial charge in [-0.05, 0) is 25.0 Å². The standard InChI is InChI=1S/C16H19BrN2O2/c17-11-12-6-2-1-5-9-19(12)16(20)10-14-13-7-3-4-8-15(13)21-18-14/h3-4,7-8,12H,1-2,5-6,9-11H2. The van der Waals surface area contributed by atoms with Crippen molar-refractivity contribution in [1.82, 2.24) is 10.1 Å². The molecular weight excluding hydrogens is 332 g/mol. The molecule has 0 aliphatic carbocycles. The Morgan fingerprint density at radius 3 is 3.05 bits per heavy atom. The minimum absolute atomic E-state index is 0.153. The first-order chi connectivity index (χ1) is 10.3. The Morgan fingerprint density at radius 1 is 1.33 bits per heavy atom. The van der Waals surface area contributed by atoms with Crippen LogP contribution in [0.1, 0.15) is 31.4 Å². The van der Waals surface area contributed by atoms with Gasteiger partial charge in [-0.3, -0.25) is 4.79 Å². The van der Waals surface area contributed by atoms with Crippen LogP contribution in [-0.2, 0) is 11.2 Å². The predicted octanol–water partition coefficient (Wildman–Crippen LogP) is 3.54. The summed E-state index contributed by atoms with van der Waals surface area (Å²) in [5, 5.41) is 5.86. The maximum Gasteiger partial charge on any atom is 0.229 e. The second kappa shape index (κ2) is 6.60. The lowest BCUT2D eigenvalue weighted by molar-refractivity contribution is -0.132. The molecule has 5 heteroatoms. The van der Waals surface area contributed by atoms with Crippen molar-refractivity contribution in [3.8, 4) is 0 Å². The monoisotopic (exact) mass is 350 g/mol. The van der Waals surface area contributed by atoms with Gasteiger partial charge < -0.3 is 9.42 Å². The number of carbonyl (C=O) groups excluding carboxylic acids is 1. The normalized spacial score (nSPS) is 19.7. The van der Waals surface area contributed by atoms with Crippen LogP contribution in [0.15, 0.2) is 28.8 Å². The summed E-state index contributed by atoms with van der Waals surface area (Å²) < 4.78 is 5.29. The van der Waals surface area contributed by atoms with Crippen LogP contribution in [0.4, 0.5) is 0 Å². The van der Waals surface area contributed by atoms with Crippen LogP contribution in [0.3, 0.4) is 0 Å².